The molecule has 4 bridgehead atoms. The molecule has 1 heterocycles. The summed E-state index contributed by atoms with van der Waals surface area (Å²) >= 11 is 0. The average Bonchev–Trinajstić information content (AvgIpc) is 3.23. The number of phenolic OH excluding ortho intramolecular Hbond substituents is 1. The van der Waals surface area contributed by atoms with Crippen molar-refractivity contribution in [3.63, 3.8) is 0 Å². The van der Waals surface area contributed by atoms with Gasteiger partial charge in [-0.1, -0.05) is 76.7 Å². The average molecular weight is 885 g/mol. The first-order valence-electron chi connectivity index (χ1n) is 21.1. The summed E-state index contributed by atoms with van der Waals surface area (Å²) in [4.78, 5) is 94.0. The lowest BCUT2D eigenvalue weighted by Gasteiger charge is -2.31. The van der Waals surface area contributed by atoms with E-state index < -0.39 is 108 Å². The Hall–Kier alpha value is -5.99. The summed E-state index contributed by atoms with van der Waals surface area (Å²) < 4.78 is 0. The number of unbranched alkanes of at least 4 members (excludes halogenated alkanes) is 5. The Labute approximate surface area is 366 Å². The lowest BCUT2D eigenvalue weighted by molar-refractivity contribution is -0.267. The lowest BCUT2D eigenvalue weighted by atomic mass is 9.93. The number of likely N-dealkylation sites (N-methyl/N-ethyl adjacent to an activating group) is 2. The molecule has 0 aliphatic carbocycles. The van der Waals surface area contributed by atoms with Crippen LogP contribution in [0.2, 0.25) is 0 Å². The van der Waals surface area contributed by atoms with Gasteiger partial charge in [-0.3, -0.25) is 39.2 Å². The van der Waals surface area contributed by atoms with Crippen molar-refractivity contribution in [1.29, 1.82) is 0 Å². The van der Waals surface area contributed by atoms with Crippen LogP contribution >= 0.6 is 0 Å². The summed E-state index contributed by atoms with van der Waals surface area (Å²) in [5, 5.41) is 72.9. The van der Waals surface area contributed by atoms with Gasteiger partial charge in [-0.05, 0) is 61.1 Å². The van der Waals surface area contributed by atoms with Gasteiger partial charge >= 0.3 is 5.97 Å². The molecule has 9 N–H and O–H groups in total. The number of amides is 6. The van der Waals surface area contributed by atoms with Gasteiger partial charge in [0.2, 0.25) is 35.4 Å². The summed E-state index contributed by atoms with van der Waals surface area (Å²) in [6.07, 6.45) is 7.96. The standard InChI is InChI=1S/C43H63N7O13/c1-7-24(2)14-12-10-8-9-11-13-15-35(53)48(5)33(23-51)41(58)45-25(3)39(56)44-22-36(54)49(6)37-28-16-17-34(52)29(21-28)30-18-27(20-32(38(30)55)50(62)63)19-31(43(60)61)47-40(57)26(4)46-42(37)59/h16-18,20-21,24-26,31,33,37,51-52,55,62-63H,7-15,19,22-23H2,1-6H3,(H,44,56)(H,45,58)(H,46,59)(H,47,57)(H,60,61)/p-1. The van der Waals surface area contributed by atoms with Crippen LogP contribution in [0.15, 0.2) is 30.3 Å². The predicted molar refractivity (Wildman–Crippen MR) is 226 cm³/mol. The highest BCUT2D eigenvalue weighted by atomic mass is 16.8. The number of aliphatic carboxylic acids is 1. The zero-order chi connectivity index (χ0) is 47.1. The highest BCUT2D eigenvalue weighted by Gasteiger charge is 2.34. The molecule has 6 atom stereocenters. The first kappa shape index (κ1) is 51.4. The lowest BCUT2D eigenvalue weighted by Crippen LogP contribution is -2.55. The van der Waals surface area contributed by atoms with Crippen LogP contribution in [0, 0.1) is 5.92 Å². The molecule has 6 unspecified atom stereocenters. The number of benzene rings is 2. The zero-order valence-electron chi connectivity index (χ0n) is 36.7. The number of carbonyl (C=O) groups is 7. The molecule has 0 fully saturated rings. The van der Waals surface area contributed by atoms with Crippen LogP contribution in [0.4, 0.5) is 5.69 Å². The van der Waals surface area contributed by atoms with Crippen molar-refractivity contribution >= 4 is 47.1 Å². The zero-order valence-corrected chi connectivity index (χ0v) is 36.7. The molecule has 0 saturated carbocycles. The van der Waals surface area contributed by atoms with E-state index in [2.05, 4.69) is 35.1 Å². The Morgan fingerprint density at radius 2 is 1.54 bits per heavy atom. The monoisotopic (exact) mass is 884 g/mol. The van der Waals surface area contributed by atoms with Crippen LogP contribution in [-0.2, 0) is 40.0 Å². The van der Waals surface area contributed by atoms with Crippen LogP contribution < -0.4 is 31.6 Å². The largest absolute Gasteiger partial charge is 0.871 e. The second-order valence-electron chi connectivity index (χ2n) is 16.1. The molecule has 1 aliphatic rings. The number of hydrogen-bond acceptors (Lipinski definition) is 13. The number of carboxylic acids is 1. The van der Waals surface area contributed by atoms with E-state index in [0.717, 1.165) is 53.5 Å². The Balaban J connectivity index is 1.75. The molecular formula is C43H62N7O13-. The fourth-order valence-corrected chi connectivity index (χ4v) is 7.09. The molecular weight excluding hydrogens is 823 g/mol. The van der Waals surface area contributed by atoms with Crippen molar-refractivity contribution in [1.82, 2.24) is 31.1 Å². The van der Waals surface area contributed by atoms with Gasteiger partial charge in [0.1, 0.15) is 36.0 Å². The molecule has 348 valence electrons. The summed E-state index contributed by atoms with van der Waals surface area (Å²) in [5.74, 6) is -7.05. The number of aliphatic hydroxyl groups is 1. The summed E-state index contributed by atoms with van der Waals surface area (Å²) in [5.41, 5.74) is -1.27. The third-order valence-corrected chi connectivity index (χ3v) is 11.3. The van der Waals surface area contributed by atoms with Gasteiger partial charge < -0.3 is 51.5 Å². The number of rotatable bonds is 20. The number of anilines is 1. The van der Waals surface area contributed by atoms with Crippen LogP contribution in [0.1, 0.15) is 103 Å². The number of nitrogens with one attached hydrogen (secondary N) is 4. The molecule has 6 amide bonds. The van der Waals surface area contributed by atoms with E-state index in [1.54, 1.807) is 0 Å². The van der Waals surface area contributed by atoms with Gasteiger partial charge in [-0.15, -0.1) is 5.23 Å². The molecule has 2 aromatic rings. The fraction of sp³-hybridized carbons (Fsp3) is 0.558. The van der Waals surface area contributed by atoms with Gasteiger partial charge in [0, 0.05) is 32.5 Å². The van der Waals surface area contributed by atoms with Gasteiger partial charge in [-0.2, -0.15) is 0 Å². The molecule has 63 heavy (non-hydrogen) atoms. The first-order valence-corrected chi connectivity index (χ1v) is 21.1. The molecule has 2 aromatic carbocycles. The Morgan fingerprint density at radius 1 is 0.889 bits per heavy atom. The molecule has 0 radical (unpaired) electrons. The molecule has 20 heteroatoms. The summed E-state index contributed by atoms with van der Waals surface area (Å²) in [7, 11) is 2.59. The minimum Gasteiger partial charge on any atom is -0.871 e. The van der Waals surface area contributed by atoms with E-state index in [4.69, 9.17) is 0 Å². The van der Waals surface area contributed by atoms with E-state index in [-0.39, 0.29) is 34.6 Å². The van der Waals surface area contributed by atoms with Crippen molar-refractivity contribution < 1.29 is 64.4 Å². The predicted octanol–water partition coefficient (Wildman–Crippen LogP) is 1.45. The van der Waals surface area contributed by atoms with Crippen LogP contribution in [0.3, 0.4) is 0 Å². The number of phenols is 1. The topological polar surface area (TPSA) is 302 Å². The van der Waals surface area contributed by atoms with E-state index in [1.165, 1.54) is 65.4 Å². The van der Waals surface area contributed by atoms with Crippen LogP contribution in [0.25, 0.3) is 11.1 Å². The van der Waals surface area contributed by atoms with E-state index >= 15 is 0 Å². The van der Waals surface area contributed by atoms with E-state index in [9.17, 15) is 64.4 Å². The fourth-order valence-electron chi connectivity index (χ4n) is 7.09. The Kier molecular flexibility index (Phi) is 19.6. The van der Waals surface area contributed by atoms with Crippen molar-refractivity contribution in [2.24, 2.45) is 5.92 Å². The number of fused-ring (bicyclic) bond motifs is 5. The summed E-state index contributed by atoms with van der Waals surface area (Å²) in [6.45, 7) is 5.58. The summed E-state index contributed by atoms with van der Waals surface area (Å²) in [6, 6.07) is -1.42. The number of carbonyl (C=O) groups excluding carboxylic acids is 6. The molecule has 0 saturated heterocycles. The van der Waals surface area contributed by atoms with E-state index in [1.807, 2.05) is 0 Å². The quantitative estimate of drug-likeness (QED) is 0.0672. The molecule has 1 aliphatic heterocycles. The SMILES string of the molecule is CCC(C)CCCCCCCCC(=O)N(C)C(CO)C(=O)NC(C)C(=O)NCC(=O)N(C)C1C(=O)NC(C)C(=O)NC(C(=O)O)Cc2cc(c([O-])c(N(O)O)c2)-c2cc1ccc2O. The molecule has 0 aromatic heterocycles. The smallest absolute Gasteiger partial charge is 0.326 e. The minimum atomic E-state index is -1.63. The Bertz CT molecular complexity index is 1960. The van der Waals surface area contributed by atoms with Gasteiger partial charge in [-0.25, -0.2) is 4.79 Å². The normalized spacial score (nSPS) is 17.8. The number of aliphatic hydroxyl groups excluding tert-OH is 1. The minimum absolute atomic E-state index is 0.00592. The number of nitrogens with zero attached hydrogens (tertiary/aromatic N) is 3. The number of carboxylic acid groups (broad SMARTS) is 1. The van der Waals surface area contributed by atoms with Gasteiger partial charge in [0.15, 0.2) is 0 Å². The molecule has 20 nitrogen and oxygen atoms in total. The highest BCUT2D eigenvalue weighted by Crippen LogP contribution is 2.42. The molecule has 3 rings (SSSR count). The highest BCUT2D eigenvalue weighted by molar-refractivity contribution is 5.96. The van der Waals surface area contributed by atoms with Crippen molar-refractivity contribution in [3.8, 4) is 22.6 Å². The molecule has 0 spiro atoms. The van der Waals surface area contributed by atoms with E-state index in [0.29, 0.717) is 6.42 Å². The number of aromatic hydroxyl groups is 1. The van der Waals surface area contributed by atoms with Crippen LogP contribution in [-0.4, -0.2) is 128 Å². The maximum absolute atomic E-state index is 13.9. The van der Waals surface area contributed by atoms with Gasteiger partial charge in [0.05, 0.1) is 18.8 Å². The maximum Gasteiger partial charge on any atom is 0.326 e. The first-order chi connectivity index (χ1) is 29.7. The third-order valence-electron chi connectivity index (χ3n) is 11.3. The van der Waals surface area contributed by atoms with Crippen LogP contribution in [0.5, 0.6) is 11.5 Å². The second kappa shape index (κ2) is 24.0. The van der Waals surface area contributed by atoms with Crippen molar-refractivity contribution in [3.05, 3.63) is 41.5 Å². The third kappa shape index (κ3) is 14.3. The second-order valence-corrected chi connectivity index (χ2v) is 16.1. The van der Waals surface area contributed by atoms with Gasteiger partial charge in [0.25, 0.3) is 0 Å². The van der Waals surface area contributed by atoms with Crippen molar-refractivity contribution in [2.45, 2.75) is 122 Å². The number of hydrogen-bond donors (Lipinski definition) is 9. The van der Waals surface area contributed by atoms with Crippen molar-refractivity contribution in [2.75, 3.05) is 32.5 Å². The maximum atomic E-state index is 13.9. The Morgan fingerprint density at radius 3 is 2.16 bits per heavy atom.